The van der Waals surface area contributed by atoms with Crippen LogP contribution in [0.4, 0.5) is 15.9 Å². The molecule has 5 nitrogen and oxygen atoms in total. The summed E-state index contributed by atoms with van der Waals surface area (Å²) in [5, 5.41) is 0. The maximum atomic E-state index is 14.6. The number of likely N-dealkylation sites (tertiary alicyclic amines) is 1. The van der Waals surface area contributed by atoms with Crippen molar-refractivity contribution in [2.45, 2.75) is 58.0 Å². The number of fused-ring (bicyclic) bond motifs is 2. The van der Waals surface area contributed by atoms with Crippen molar-refractivity contribution in [1.82, 2.24) is 9.88 Å². The summed E-state index contributed by atoms with van der Waals surface area (Å²) in [4.78, 5) is 32.8. The summed E-state index contributed by atoms with van der Waals surface area (Å²) < 4.78 is 14.6. The van der Waals surface area contributed by atoms with Gasteiger partial charge < -0.3 is 14.8 Å². The van der Waals surface area contributed by atoms with Crippen LogP contribution in [0.15, 0.2) is 29.8 Å². The maximum absolute atomic E-state index is 14.6. The summed E-state index contributed by atoms with van der Waals surface area (Å²) in [5.74, 6) is 0.948. The number of aromatic amines is 1. The van der Waals surface area contributed by atoms with Gasteiger partial charge in [0.2, 0.25) is 0 Å². The van der Waals surface area contributed by atoms with Crippen molar-refractivity contribution in [3.63, 3.8) is 0 Å². The topological polar surface area (TPSA) is 56.4 Å². The van der Waals surface area contributed by atoms with E-state index in [1.807, 2.05) is 31.2 Å². The molecule has 1 aliphatic carbocycles. The summed E-state index contributed by atoms with van der Waals surface area (Å²) in [5.41, 5.74) is 4.03. The average molecular weight is 436 g/mol. The van der Waals surface area contributed by atoms with Crippen LogP contribution in [0.2, 0.25) is 0 Å². The van der Waals surface area contributed by atoms with Gasteiger partial charge in [-0.1, -0.05) is 20.3 Å². The molecule has 2 aromatic rings. The molecule has 0 spiro atoms. The fourth-order valence-electron chi connectivity index (χ4n) is 5.22. The second kappa shape index (κ2) is 7.91. The smallest absolute Gasteiger partial charge is 0.270 e. The first-order valence-corrected chi connectivity index (χ1v) is 11.8. The number of H-pyrrole nitrogens is 1. The van der Waals surface area contributed by atoms with Gasteiger partial charge in [-0.3, -0.25) is 9.59 Å². The molecule has 1 N–H and O–H groups in total. The Bertz CT molecular complexity index is 1120. The number of rotatable bonds is 5. The first-order valence-electron chi connectivity index (χ1n) is 11.8. The standard InChI is InChI=1S/C26H30FN3O2/c1-3-6-17-13-19-14-20(8-9-21(19)23(17)31)30-11-5-7-18-15-22(28-24(18)30)25(32)29-12-10-26(27,4-2)16-29/h8-9,13-15,28H,3-7,10-12,16H2,1-2H3. The molecule has 1 unspecified atom stereocenters. The van der Waals surface area contributed by atoms with Crippen LogP contribution in [0.1, 0.15) is 77.9 Å². The van der Waals surface area contributed by atoms with Crippen LogP contribution in [-0.4, -0.2) is 46.9 Å². The number of amides is 1. The molecule has 1 amide bonds. The van der Waals surface area contributed by atoms with Gasteiger partial charge in [0, 0.05) is 36.3 Å². The fraction of sp³-hybridized carbons (Fsp3) is 0.462. The number of aryl methyl sites for hydroxylation is 1. The van der Waals surface area contributed by atoms with E-state index in [1.54, 1.807) is 4.90 Å². The lowest BCUT2D eigenvalue weighted by Crippen LogP contribution is -2.33. The number of allylic oxidation sites excluding steroid dienone is 1. The number of anilines is 2. The Morgan fingerprint density at radius 1 is 1.22 bits per heavy atom. The van der Waals surface area contributed by atoms with E-state index in [4.69, 9.17) is 0 Å². The Labute approximate surface area is 188 Å². The summed E-state index contributed by atoms with van der Waals surface area (Å²) in [7, 11) is 0. The molecule has 3 aliphatic rings. The van der Waals surface area contributed by atoms with Crippen molar-refractivity contribution >= 4 is 29.3 Å². The van der Waals surface area contributed by atoms with Crippen molar-refractivity contribution in [1.29, 1.82) is 0 Å². The van der Waals surface area contributed by atoms with E-state index in [-0.39, 0.29) is 18.2 Å². The van der Waals surface area contributed by atoms with E-state index < -0.39 is 5.67 Å². The van der Waals surface area contributed by atoms with E-state index in [1.165, 1.54) is 0 Å². The third kappa shape index (κ3) is 3.46. The Balaban J connectivity index is 1.42. The minimum absolute atomic E-state index is 0.126. The van der Waals surface area contributed by atoms with E-state index in [0.717, 1.165) is 66.0 Å². The molecular formula is C26H30FN3O2. The molecule has 6 heteroatoms. The summed E-state index contributed by atoms with van der Waals surface area (Å²) in [6.07, 6.45) is 6.49. The Morgan fingerprint density at radius 3 is 2.81 bits per heavy atom. The van der Waals surface area contributed by atoms with E-state index in [9.17, 15) is 14.0 Å². The van der Waals surface area contributed by atoms with Crippen LogP contribution < -0.4 is 4.90 Å². The zero-order valence-electron chi connectivity index (χ0n) is 18.8. The van der Waals surface area contributed by atoms with Crippen molar-refractivity contribution in [2.24, 2.45) is 0 Å². The lowest BCUT2D eigenvalue weighted by molar-refractivity contribution is 0.0744. The van der Waals surface area contributed by atoms with Crippen molar-refractivity contribution in [3.05, 3.63) is 52.2 Å². The number of hydrogen-bond donors (Lipinski definition) is 1. The lowest BCUT2D eigenvalue weighted by atomic mass is 10.0. The molecule has 0 radical (unpaired) electrons. The summed E-state index contributed by atoms with van der Waals surface area (Å²) >= 11 is 0. The Morgan fingerprint density at radius 2 is 2.06 bits per heavy atom. The summed E-state index contributed by atoms with van der Waals surface area (Å²) in [6.45, 7) is 5.39. The van der Waals surface area contributed by atoms with Crippen LogP contribution in [0, 0.1) is 0 Å². The largest absolute Gasteiger partial charge is 0.337 e. The minimum atomic E-state index is -1.26. The number of nitrogens with one attached hydrogen (secondary N) is 1. The number of Topliss-reactive ketones (excluding diaryl/α,β-unsaturated/α-hetero) is 1. The van der Waals surface area contributed by atoms with Gasteiger partial charge in [0.25, 0.3) is 5.91 Å². The third-order valence-corrected chi connectivity index (χ3v) is 7.16. The van der Waals surface area contributed by atoms with Crippen LogP contribution >= 0.6 is 0 Å². The molecule has 1 aromatic carbocycles. The highest BCUT2D eigenvalue weighted by Gasteiger charge is 2.39. The number of benzene rings is 1. The highest BCUT2D eigenvalue weighted by atomic mass is 19.1. The van der Waals surface area contributed by atoms with Crippen molar-refractivity contribution in [2.75, 3.05) is 24.5 Å². The zero-order chi connectivity index (χ0) is 22.5. The molecular weight excluding hydrogens is 405 g/mol. The third-order valence-electron chi connectivity index (χ3n) is 7.16. The molecule has 1 aromatic heterocycles. The lowest BCUT2D eigenvalue weighted by Gasteiger charge is -2.29. The first kappa shape index (κ1) is 21.0. The highest BCUT2D eigenvalue weighted by Crippen LogP contribution is 2.37. The number of alkyl halides is 1. The van der Waals surface area contributed by atoms with Gasteiger partial charge >= 0.3 is 0 Å². The molecule has 1 fully saturated rings. The van der Waals surface area contributed by atoms with Crippen molar-refractivity contribution in [3.8, 4) is 0 Å². The molecule has 1 atom stereocenters. The van der Waals surface area contributed by atoms with Gasteiger partial charge in [0.05, 0.1) is 6.54 Å². The molecule has 3 heterocycles. The quantitative estimate of drug-likeness (QED) is 0.680. The van der Waals surface area contributed by atoms with Crippen LogP contribution in [0.25, 0.3) is 6.08 Å². The van der Waals surface area contributed by atoms with E-state index in [2.05, 4.69) is 22.9 Å². The Kier molecular flexibility index (Phi) is 5.19. The maximum Gasteiger partial charge on any atom is 0.270 e. The van der Waals surface area contributed by atoms with Crippen LogP contribution in [0.5, 0.6) is 0 Å². The minimum Gasteiger partial charge on any atom is -0.337 e. The normalized spacial score (nSPS) is 22.2. The van der Waals surface area contributed by atoms with Gasteiger partial charge in [-0.15, -0.1) is 0 Å². The van der Waals surface area contributed by atoms with Gasteiger partial charge in [-0.2, -0.15) is 0 Å². The SMILES string of the molecule is CCCC1=Cc2cc(N3CCCc4cc(C(=O)N5CCC(F)(CC)C5)[nH]c43)ccc2C1=O. The zero-order valence-corrected chi connectivity index (χ0v) is 18.8. The molecule has 2 aliphatic heterocycles. The Hall–Kier alpha value is -2.89. The number of carbonyl (C=O) groups is 2. The second-order valence-corrected chi connectivity index (χ2v) is 9.31. The molecule has 32 heavy (non-hydrogen) atoms. The summed E-state index contributed by atoms with van der Waals surface area (Å²) in [6, 6.07) is 7.93. The number of carbonyl (C=O) groups excluding carboxylic acids is 2. The number of hydrogen-bond acceptors (Lipinski definition) is 3. The fourth-order valence-corrected chi connectivity index (χ4v) is 5.22. The average Bonchev–Trinajstić information content (AvgIpc) is 3.49. The van der Waals surface area contributed by atoms with Crippen LogP contribution in [0.3, 0.4) is 0 Å². The molecule has 5 rings (SSSR count). The monoisotopic (exact) mass is 435 g/mol. The van der Waals surface area contributed by atoms with Crippen LogP contribution in [-0.2, 0) is 6.42 Å². The molecule has 1 saturated heterocycles. The molecule has 168 valence electrons. The number of aromatic nitrogens is 1. The second-order valence-electron chi connectivity index (χ2n) is 9.31. The van der Waals surface area contributed by atoms with Crippen molar-refractivity contribution < 1.29 is 14.0 Å². The predicted octanol–water partition coefficient (Wildman–Crippen LogP) is 5.44. The van der Waals surface area contributed by atoms with Gasteiger partial charge in [0.15, 0.2) is 5.78 Å². The van der Waals surface area contributed by atoms with E-state index in [0.29, 0.717) is 25.1 Å². The van der Waals surface area contributed by atoms with Gasteiger partial charge in [-0.05, 0) is 67.2 Å². The number of halogens is 1. The highest BCUT2D eigenvalue weighted by molar-refractivity contribution is 6.18. The molecule has 0 saturated carbocycles. The molecule has 0 bridgehead atoms. The van der Waals surface area contributed by atoms with Gasteiger partial charge in [-0.25, -0.2) is 4.39 Å². The van der Waals surface area contributed by atoms with E-state index >= 15 is 0 Å². The first-order chi connectivity index (χ1) is 15.4. The number of nitrogens with zero attached hydrogens (tertiary/aromatic N) is 2. The number of ketones is 1. The van der Waals surface area contributed by atoms with Gasteiger partial charge in [0.1, 0.15) is 17.2 Å². The predicted molar refractivity (Wildman–Crippen MR) is 124 cm³/mol.